The summed E-state index contributed by atoms with van der Waals surface area (Å²) in [5, 5.41) is 1.84. The second kappa shape index (κ2) is 5.06. The fourth-order valence-corrected chi connectivity index (χ4v) is 2.26. The predicted octanol–water partition coefficient (Wildman–Crippen LogP) is 3.51. The number of ketones is 2. The summed E-state index contributed by atoms with van der Waals surface area (Å²) >= 11 is 1.37. The second-order valence-corrected chi connectivity index (χ2v) is 4.82. The van der Waals surface area contributed by atoms with Gasteiger partial charge in [-0.1, -0.05) is 29.8 Å². The zero-order valence-corrected chi connectivity index (χ0v) is 10.3. The number of benzene rings is 1. The van der Waals surface area contributed by atoms with Gasteiger partial charge in [-0.25, -0.2) is 0 Å². The molecule has 0 atom stereocenters. The SMILES string of the molecule is Cc1cccc(C(=O)CC(=O)c2cccs2)c1. The fraction of sp³-hybridized carbons (Fsp3) is 0.143. The number of aryl methyl sites for hydroxylation is 1. The van der Waals surface area contributed by atoms with Crippen LogP contribution in [0.3, 0.4) is 0 Å². The van der Waals surface area contributed by atoms with Crippen LogP contribution in [-0.2, 0) is 0 Å². The summed E-state index contributed by atoms with van der Waals surface area (Å²) in [7, 11) is 0. The maximum Gasteiger partial charge on any atom is 0.180 e. The van der Waals surface area contributed by atoms with Crippen molar-refractivity contribution >= 4 is 22.9 Å². The second-order valence-electron chi connectivity index (χ2n) is 3.87. The summed E-state index contributed by atoms with van der Waals surface area (Å²) < 4.78 is 0. The quantitative estimate of drug-likeness (QED) is 0.609. The summed E-state index contributed by atoms with van der Waals surface area (Å²) in [6.07, 6.45) is -0.0516. The van der Waals surface area contributed by atoms with E-state index in [2.05, 4.69) is 0 Å². The van der Waals surface area contributed by atoms with Crippen LogP contribution in [-0.4, -0.2) is 11.6 Å². The highest BCUT2D eigenvalue weighted by Gasteiger charge is 2.14. The van der Waals surface area contributed by atoms with Crippen LogP contribution in [0, 0.1) is 6.92 Å². The first kappa shape index (κ1) is 11.7. The molecule has 0 saturated heterocycles. The molecule has 1 heterocycles. The molecule has 3 heteroatoms. The number of carbonyl (C=O) groups excluding carboxylic acids is 2. The van der Waals surface area contributed by atoms with Crippen molar-refractivity contribution in [3.05, 3.63) is 57.8 Å². The summed E-state index contributed by atoms with van der Waals surface area (Å²) in [5.41, 5.74) is 1.63. The van der Waals surface area contributed by atoms with Gasteiger partial charge in [-0.2, -0.15) is 0 Å². The van der Waals surface area contributed by atoms with Gasteiger partial charge in [0.2, 0.25) is 0 Å². The molecular formula is C14H12O2S. The Morgan fingerprint density at radius 1 is 1.12 bits per heavy atom. The molecular weight excluding hydrogens is 232 g/mol. The topological polar surface area (TPSA) is 34.1 Å². The minimum atomic E-state index is -0.118. The number of hydrogen-bond donors (Lipinski definition) is 0. The van der Waals surface area contributed by atoms with Crippen molar-refractivity contribution in [2.45, 2.75) is 13.3 Å². The Balaban J connectivity index is 2.10. The van der Waals surface area contributed by atoms with Crippen molar-refractivity contribution in [1.82, 2.24) is 0 Å². The first-order valence-corrected chi connectivity index (χ1v) is 6.21. The molecule has 0 spiro atoms. The molecule has 17 heavy (non-hydrogen) atoms. The van der Waals surface area contributed by atoms with Crippen LogP contribution in [0.15, 0.2) is 41.8 Å². The maximum absolute atomic E-state index is 11.9. The highest BCUT2D eigenvalue weighted by Crippen LogP contribution is 2.14. The highest BCUT2D eigenvalue weighted by atomic mass is 32.1. The van der Waals surface area contributed by atoms with Gasteiger partial charge < -0.3 is 0 Å². The van der Waals surface area contributed by atoms with Gasteiger partial charge >= 0.3 is 0 Å². The van der Waals surface area contributed by atoms with E-state index >= 15 is 0 Å². The lowest BCUT2D eigenvalue weighted by Crippen LogP contribution is -2.07. The van der Waals surface area contributed by atoms with E-state index in [1.165, 1.54) is 11.3 Å². The van der Waals surface area contributed by atoms with Gasteiger partial charge in [0.15, 0.2) is 11.6 Å². The maximum atomic E-state index is 11.9. The van der Waals surface area contributed by atoms with Crippen molar-refractivity contribution in [3.8, 4) is 0 Å². The molecule has 86 valence electrons. The predicted molar refractivity (Wildman–Crippen MR) is 68.8 cm³/mol. The van der Waals surface area contributed by atoms with E-state index in [4.69, 9.17) is 0 Å². The molecule has 1 aromatic carbocycles. The molecule has 0 saturated carbocycles. The largest absolute Gasteiger partial charge is 0.294 e. The van der Waals surface area contributed by atoms with Gasteiger partial charge in [0.05, 0.1) is 11.3 Å². The molecule has 0 aliphatic heterocycles. The lowest BCUT2D eigenvalue weighted by Gasteiger charge is -2.00. The van der Waals surface area contributed by atoms with Crippen molar-refractivity contribution in [1.29, 1.82) is 0 Å². The molecule has 2 rings (SSSR count). The summed E-state index contributed by atoms with van der Waals surface area (Å²) in [6.45, 7) is 1.93. The minimum Gasteiger partial charge on any atom is -0.294 e. The third-order valence-electron chi connectivity index (χ3n) is 2.46. The molecule has 0 fully saturated rings. The Morgan fingerprint density at radius 2 is 1.94 bits per heavy atom. The van der Waals surface area contributed by atoms with Gasteiger partial charge in [-0.3, -0.25) is 9.59 Å². The third kappa shape index (κ3) is 2.88. The smallest absolute Gasteiger partial charge is 0.180 e. The van der Waals surface area contributed by atoms with Crippen LogP contribution in [0.5, 0.6) is 0 Å². The van der Waals surface area contributed by atoms with E-state index in [-0.39, 0.29) is 18.0 Å². The molecule has 0 amide bonds. The van der Waals surface area contributed by atoms with Crippen molar-refractivity contribution in [2.24, 2.45) is 0 Å². The number of rotatable bonds is 4. The van der Waals surface area contributed by atoms with E-state index in [1.807, 2.05) is 36.6 Å². The number of hydrogen-bond acceptors (Lipinski definition) is 3. The van der Waals surface area contributed by atoms with Crippen molar-refractivity contribution < 1.29 is 9.59 Å². The van der Waals surface area contributed by atoms with Gasteiger partial charge in [0.25, 0.3) is 0 Å². The van der Waals surface area contributed by atoms with Crippen molar-refractivity contribution in [3.63, 3.8) is 0 Å². The molecule has 0 radical (unpaired) electrons. The van der Waals surface area contributed by atoms with E-state index in [0.717, 1.165) is 5.56 Å². The zero-order valence-electron chi connectivity index (χ0n) is 9.47. The van der Waals surface area contributed by atoms with Crippen LogP contribution >= 0.6 is 11.3 Å². The minimum absolute atomic E-state index is 0.0516. The highest BCUT2D eigenvalue weighted by molar-refractivity contribution is 7.12. The van der Waals surface area contributed by atoms with E-state index < -0.39 is 0 Å². The van der Waals surface area contributed by atoms with Gasteiger partial charge in [0.1, 0.15) is 0 Å². The average Bonchev–Trinajstić information content (AvgIpc) is 2.82. The first-order chi connectivity index (χ1) is 8.16. The standard InChI is InChI=1S/C14H12O2S/c1-10-4-2-5-11(8-10)12(15)9-13(16)14-6-3-7-17-14/h2-8H,9H2,1H3. The Morgan fingerprint density at radius 3 is 2.59 bits per heavy atom. The lowest BCUT2D eigenvalue weighted by atomic mass is 10.0. The molecule has 1 aromatic heterocycles. The van der Waals surface area contributed by atoms with E-state index in [0.29, 0.717) is 10.4 Å². The van der Waals surface area contributed by atoms with Crippen LogP contribution in [0.4, 0.5) is 0 Å². The average molecular weight is 244 g/mol. The summed E-state index contributed by atoms with van der Waals surface area (Å²) in [6, 6.07) is 10.9. The summed E-state index contributed by atoms with van der Waals surface area (Å²) in [4.78, 5) is 24.3. The third-order valence-corrected chi connectivity index (χ3v) is 3.37. The Kier molecular flexibility index (Phi) is 3.49. The monoisotopic (exact) mass is 244 g/mol. The molecule has 0 bridgehead atoms. The Bertz CT molecular complexity index is 541. The van der Waals surface area contributed by atoms with Crippen LogP contribution < -0.4 is 0 Å². The Labute approximate surface area is 104 Å². The fourth-order valence-electron chi connectivity index (χ4n) is 1.59. The normalized spacial score (nSPS) is 10.2. The first-order valence-electron chi connectivity index (χ1n) is 5.33. The molecule has 0 unspecified atom stereocenters. The van der Waals surface area contributed by atoms with Crippen LogP contribution in [0.1, 0.15) is 32.0 Å². The van der Waals surface area contributed by atoms with Gasteiger partial charge in [0, 0.05) is 5.56 Å². The van der Waals surface area contributed by atoms with Crippen LogP contribution in [0.25, 0.3) is 0 Å². The van der Waals surface area contributed by atoms with Gasteiger partial charge in [-0.15, -0.1) is 11.3 Å². The molecule has 2 nitrogen and oxygen atoms in total. The number of Topliss-reactive ketones (excluding diaryl/α,β-unsaturated/α-hetero) is 2. The molecule has 2 aromatic rings. The van der Waals surface area contributed by atoms with Gasteiger partial charge in [-0.05, 0) is 24.4 Å². The lowest BCUT2D eigenvalue weighted by molar-refractivity contribution is 0.0896. The van der Waals surface area contributed by atoms with E-state index in [9.17, 15) is 9.59 Å². The molecule has 0 N–H and O–H groups in total. The number of thiophene rings is 1. The number of carbonyl (C=O) groups is 2. The molecule has 0 aliphatic rings. The Hall–Kier alpha value is -1.74. The molecule has 0 aliphatic carbocycles. The summed E-state index contributed by atoms with van der Waals surface area (Å²) in [5.74, 6) is -0.224. The van der Waals surface area contributed by atoms with E-state index in [1.54, 1.807) is 12.1 Å². The zero-order chi connectivity index (χ0) is 12.3. The van der Waals surface area contributed by atoms with Crippen molar-refractivity contribution in [2.75, 3.05) is 0 Å². The van der Waals surface area contributed by atoms with Crippen LogP contribution in [0.2, 0.25) is 0 Å².